The van der Waals surface area contributed by atoms with Crippen LogP contribution in [0.5, 0.6) is 0 Å². The molecule has 0 fully saturated rings. The summed E-state index contributed by atoms with van der Waals surface area (Å²) in [6, 6.07) is -0.992. The number of likely N-dealkylation sites (N-methyl/N-ethyl adjacent to an activating group) is 10. The molecule has 31 heteroatoms. The van der Waals surface area contributed by atoms with Crippen molar-refractivity contribution in [3.05, 3.63) is 12.2 Å². The number of nitrogens with two attached hydrogens (primary N) is 1. The summed E-state index contributed by atoms with van der Waals surface area (Å²) in [6.07, 6.45) is 2.95. The molecule has 1 rings (SSSR count). The van der Waals surface area contributed by atoms with Crippen LogP contribution in [0.2, 0.25) is 0 Å². The summed E-state index contributed by atoms with van der Waals surface area (Å²) in [7, 11) is 13.2. The van der Waals surface area contributed by atoms with E-state index in [-0.39, 0.29) is 64.7 Å². The van der Waals surface area contributed by atoms with Gasteiger partial charge in [0, 0.05) is 102 Å². The lowest BCUT2D eigenvalue weighted by Crippen LogP contribution is -2.51. The minimum atomic E-state index is -0.992. The molecule has 0 saturated heterocycles. The Bertz CT molecular complexity index is 2260. The number of hydrogen-bond acceptors (Lipinski definition) is 17. The predicted molar refractivity (Wildman–Crippen MR) is 278 cm³/mol. The van der Waals surface area contributed by atoms with Crippen molar-refractivity contribution in [3.63, 3.8) is 0 Å². The topological polar surface area (TPSA) is 360 Å². The lowest BCUT2D eigenvalue weighted by atomic mass is 10.1. The first-order valence-electron chi connectivity index (χ1n) is 24.8. The molecular formula is C48H78N14O17. The van der Waals surface area contributed by atoms with Crippen molar-refractivity contribution in [1.29, 1.82) is 0 Å². The largest absolute Gasteiger partial charge is 0.377 e. The maximum Gasteiger partial charge on any atom is 0.253 e. The molecule has 1 heterocycles. The molecule has 0 bridgehead atoms. The molecule has 1 aliphatic heterocycles. The Labute approximate surface area is 459 Å². The molecule has 1 atom stereocenters. The Kier molecular flexibility index (Phi) is 30.2. The summed E-state index contributed by atoms with van der Waals surface area (Å²) >= 11 is 0. The number of primary amides is 1. The van der Waals surface area contributed by atoms with Crippen LogP contribution < -0.4 is 16.4 Å². The minimum Gasteiger partial charge on any atom is -0.377 e. The quantitative estimate of drug-likeness (QED) is 0.0392. The second-order valence-electron chi connectivity index (χ2n) is 18.7. The predicted octanol–water partition coefficient (Wildman–Crippen LogP) is -7.19. The Morgan fingerprint density at radius 1 is 0.468 bits per heavy atom. The summed E-state index contributed by atoms with van der Waals surface area (Å²) in [5.74, 6) is -8.89. The number of rotatable bonds is 35. The van der Waals surface area contributed by atoms with E-state index < -0.39 is 148 Å². The van der Waals surface area contributed by atoms with Crippen LogP contribution in [0.15, 0.2) is 12.2 Å². The first kappa shape index (κ1) is 68.9. The van der Waals surface area contributed by atoms with Crippen LogP contribution in [0.3, 0.4) is 0 Å². The van der Waals surface area contributed by atoms with E-state index in [1.165, 1.54) is 70.5 Å². The molecule has 4 N–H and O–H groups in total. The van der Waals surface area contributed by atoms with Crippen LogP contribution in [0, 0.1) is 0 Å². The van der Waals surface area contributed by atoms with Gasteiger partial charge in [-0.1, -0.05) is 13.3 Å². The van der Waals surface area contributed by atoms with Gasteiger partial charge in [0.15, 0.2) is 0 Å². The van der Waals surface area contributed by atoms with E-state index in [1.54, 1.807) is 6.92 Å². The number of ether oxygens (including phenoxy) is 2. The van der Waals surface area contributed by atoms with E-state index in [4.69, 9.17) is 15.2 Å². The van der Waals surface area contributed by atoms with E-state index in [0.29, 0.717) is 6.42 Å². The number of carbonyl (C=O) groups is 15. The molecule has 0 aromatic heterocycles. The van der Waals surface area contributed by atoms with Gasteiger partial charge in [-0.3, -0.25) is 76.8 Å². The van der Waals surface area contributed by atoms with Gasteiger partial charge in [0.25, 0.3) is 11.8 Å². The third-order valence-corrected chi connectivity index (χ3v) is 11.8. The Morgan fingerprint density at radius 2 is 0.785 bits per heavy atom. The SMILES string of the molecule is CCC[C@H](NC(=O)COCCOCCNC(=O)CCN1C(=O)C=CC1=O)C(=O)N(C)CC(=O)N(C)CC(=O)N(C)CC(=O)N(C)CC(=O)N(C)CC(=O)N(C)CC(=O)N(C)CC(=O)N(C)CC(=O)N(C)CC(=O)N(C)CC(N)=O. The van der Waals surface area contributed by atoms with Crippen molar-refractivity contribution in [2.24, 2.45) is 5.73 Å². The highest BCUT2D eigenvalue weighted by Crippen LogP contribution is 2.06. The summed E-state index contributed by atoms with van der Waals surface area (Å²) in [4.78, 5) is 199. The number of hydrogen-bond donors (Lipinski definition) is 3. The van der Waals surface area contributed by atoms with Gasteiger partial charge in [-0.05, 0) is 6.42 Å². The smallest absolute Gasteiger partial charge is 0.253 e. The molecule has 0 aromatic rings. The third-order valence-electron chi connectivity index (χ3n) is 11.8. The lowest BCUT2D eigenvalue weighted by molar-refractivity contribution is -0.146. The Balaban J connectivity index is 2.49. The lowest BCUT2D eigenvalue weighted by Gasteiger charge is -2.28. The van der Waals surface area contributed by atoms with E-state index in [0.717, 1.165) is 66.1 Å². The average Bonchev–Trinajstić information content (AvgIpc) is 3.70. The summed E-state index contributed by atoms with van der Waals surface area (Å²) in [5.41, 5.74) is 5.09. The number of amides is 15. The second-order valence-corrected chi connectivity index (χ2v) is 18.7. The molecule has 0 aliphatic carbocycles. The average molecular weight is 1120 g/mol. The van der Waals surface area contributed by atoms with Gasteiger partial charge in [0.2, 0.25) is 76.8 Å². The fraction of sp³-hybridized carbons (Fsp3) is 0.646. The van der Waals surface area contributed by atoms with E-state index in [1.807, 2.05) is 0 Å². The molecule has 0 spiro atoms. The van der Waals surface area contributed by atoms with Gasteiger partial charge in [-0.2, -0.15) is 0 Å². The molecule has 0 radical (unpaired) electrons. The number of nitrogens with zero attached hydrogens (tertiary/aromatic N) is 11. The third kappa shape index (κ3) is 25.7. The Hall–Kier alpha value is -8.09. The summed E-state index contributed by atoms with van der Waals surface area (Å²) < 4.78 is 10.7. The fourth-order valence-corrected chi connectivity index (χ4v) is 6.67. The molecule has 0 unspecified atom stereocenters. The molecular weight excluding hydrogens is 1040 g/mol. The molecule has 15 amide bonds. The van der Waals surface area contributed by atoms with Gasteiger partial charge in [-0.15, -0.1) is 0 Å². The van der Waals surface area contributed by atoms with Crippen LogP contribution in [0.4, 0.5) is 0 Å². The molecule has 1 aliphatic rings. The van der Waals surface area contributed by atoms with Gasteiger partial charge >= 0.3 is 0 Å². The molecule has 79 heavy (non-hydrogen) atoms. The maximum absolute atomic E-state index is 13.3. The fourth-order valence-electron chi connectivity index (χ4n) is 6.67. The van der Waals surface area contributed by atoms with E-state index >= 15 is 0 Å². The second kappa shape index (κ2) is 34.6. The molecule has 0 aromatic carbocycles. The van der Waals surface area contributed by atoms with Crippen molar-refractivity contribution in [2.45, 2.75) is 32.2 Å². The zero-order valence-electron chi connectivity index (χ0n) is 47.1. The van der Waals surface area contributed by atoms with Gasteiger partial charge < -0.3 is 74.8 Å². The molecule has 31 nitrogen and oxygen atoms in total. The van der Waals surface area contributed by atoms with Crippen molar-refractivity contribution >= 4 is 88.6 Å². The van der Waals surface area contributed by atoms with Crippen LogP contribution in [0.25, 0.3) is 0 Å². The summed E-state index contributed by atoms with van der Waals surface area (Å²) in [6.45, 7) is -2.74. The van der Waals surface area contributed by atoms with Gasteiger partial charge in [0.05, 0.1) is 85.3 Å². The zero-order chi connectivity index (χ0) is 60.3. The highest BCUT2D eigenvalue weighted by molar-refractivity contribution is 6.13. The van der Waals surface area contributed by atoms with Crippen molar-refractivity contribution in [3.8, 4) is 0 Å². The monoisotopic (exact) mass is 1120 g/mol. The highest BCUT2D eigenvalue weighted by Gasteiger charge is 2.29. The number of imide groups is 1. The van der Waals surface area contributed by atoms with Crippen LogP contribution in [0.1, 0.15) is 26.2 Å². The van der Waals surface area contributed by atoms with E-state index in [9.17, 15) is 71.9 Å². The van der Waals surface area contributed by atoms with Crippen molar-refractivity contribution in [2.75, 3.05) is 175 Å². The standard InChI is InChI=1S/C48H78N14O17/c1-12-13-33(51-36(65)32-79-21-20-78-19-17-50-35(64)16-18-62-37(66)14-15-38(62)67)48(77)61(11)31-47(76)60(10)30-46(75)59(9)29-45(74)58(8)28-44(73)57(7)27-43(72)56(6)26-42(71)55(5)25-41(70)54(4)24-40(69)53(3)23-39(68)52(2)22-34(49)63/h14-15,33H,12-13,16-32H2,1-11H3,(H2,49,63)(H,50,64)(H,51,65)/t33-/m0/s1. The first-order valence-corrected chi connectivity index (χ1v) is 24.8. The summed E-state index contributed by atoms with van der Waals surface area (Å²) in [5, 5.41) is 5.20. The van der Waals surface area contributed by atoms with Crippen LogP contribution in [-0.4, -0.2) is 324 Å². The first-order chi connectivity index (χ1) is 36.9. The van der Waals surface area contributed by atoms with Gasteiger partial charge in [-0.25, -0.2) is 0 Å². The van der Waals surface area contributed by atoms with Gasteiger partial charge in [0.1, 0.15) is 12.6 Å². The molecule has 0 saturated carbocycles. The van der Waals surface area contributed by atoms with Crippen LogP contribution in [-0.2, 0) is 81.4 Å². The minimum absolute atomic E-state index is 0.0183. The zero-order valence-corrected chi connectivity index (χ0v) is 47.1. The number of nitrogens with one attached hydrogen (secondary N) is 2. The highest BCUT2D eigenvalue weighted by atomic mass is 16.5. The van der Waals surface area contributed by atoms with Crippen molar-refractivity contribution < 1.29 is 81.4 Å². The normalized spacial score (nSPS) is 11.9. The van der Waals surface area contributed by atoms with E-state index in [2.05, 4.69) is 10.6 Å². The Morgan fingerprint density at radius 3 is 1.11 bits per heavy atom. The van der Waals surface area contributed by atoms with Crippen molar-refractivity contribution in [1.82, 2.24) is 64.5 Å². The number of carbonyl (C=O) groups excluding carboxylic acids is 15. The molecule has 442 valence electrons. The maximum atomic E-state index is 13.3. The van der Waals surface area contributed by atoms with Crippen LogP contribution >= 0.6 is 0 Å².